The van der Waals surface area contributed by atoms with Crippen LogP contribution in [0.15, 0.2) is 35.4 Å². The molecule has 1 aliphatic heterocycles. The van der Waals surface area contributed by atoms with E-state index in [0.717, 1.165) is 11.1 Å². The van der Waals surface area contributed by atoms with Crippen LogP contribution in [0.3, 0.4) is 0 Å². The Balaban J connectivity index is 1.84. The maximum atomic E-state index is 13.2. The van der Waals surface area contributed by atoms with Crippen LogP contribution in [0.2, 0.25) is 0 Å². The van der Waals surface area contributed by atoms with E-state index in [4.69, 9.17) is 4.74 Å². The highest BCUT2D eigenvalue weighted by molar-refractivity contribution is 7.89. The molecule has 1 N–H and O–H groups in total. The number of benzene rings is 1. The van der Waals surface area contributed by atoms with E-state index in [9.17, 15) is 18.0 Å². The first-order chi connectivity index (χ1) is 14.1. The molecule has 162 valence electrons. The van der Waals surface area contributed by atoms with E-state index >= 15 is 0 Å². The van der Waals surface area contributed by atoms with Gasteiger partial charge >= 0.3 is 5.97 Å². The van der Waals surface area contributed by atoms with Crippen molar-refractivity contribution in [2.45, 2.75) is 44.6 Å². The van der Waals surface area contributed by atoms with Crippen molar-refractivity contribution in [2.75, 3.05) is 18.5 Å². The van der Waals surface area contributed by atoms with Gasteiger partial charge in [-0.25, -0.2) is 13.2 Å². The first kappa shape index (κ1) is 22.0. The van der Waals surface area contributed by atoms with E-state index in [1.54, 1.807) is 14.0 Å². The fraction of sp³-hybridized carbons (Fsp3) is 0.429. The number of sulfonamides is 1. The first-order valence-electron chi connectivity index (χ1n) is 9.88. The predicted octanol–water partition coefficient (Wildman–Crippen LogP) is 2.61. The average Bonchev–Trinajstić information content (AvgIpc) is 3.32. The van der Waals surface area contributed by atoms with E-state index in [1.165, 1.54) is 21.1 Å². The molecule has 0 bridgehead atoms. The van der Waals surface area contributed by atoms with Crippen LogP contribution >= 0.6 is 0 Å². The van der Waals surface area contributed by atoms with Crippen molar-refractivity contribution in [1.82, 2.24) is 8.87 Å². The number of carbonyl (C=O) groups is 2. The molecule has 0 radical (unpaired) electrons. The number of nitrogens with one attached hydrogen (secondary N) is 1. The first-order valence-corrected chi connectivity index (χ1v) is 11.3. The minimum absolute atomic E-state index is 0.0285. The van der Waals surface area contributed by atoms with Gasteiger partial charge in [0.25, 0.3) is 0 Å². The summed E-state index contributed by atoms with van der Waals surface area (Å²) in [7, 11) is -2.37. The number of aromatic nitrogens is 1. The molecule has 8 nitrogen and oxygen atoms in total. The molecule has 1 atom stereocenters. The minimum Gasteiger partial charge on any atom is -0.461 e. The van der Waals surface area contributed by atoms with E-state index in [2.05, 4.69) is 5.32 Å². The number of ether oxygens (including phenoxy) is 1. The lowest BCUT2D eigenvalue weighted by Crippen LogP contribution is -2.43. The maximum Gasteiger partial charge on any atom is 0.354 e. The zero-order valence-electron chi connectivity index (χ0n) is 17.6. The van der Waals surface area contributed by atoms with Crippen LogP contribution < -0.4 is 5.32 Å². The summed E-state index contributed by atoms with van der Waals surface area (Å²) in [5.74, 6) is -0.948. The number of aryl methyl sites for hydroxylation is 3. The molecule has 30 heavy (non-hydrogen) atoms. The summed E-state index contributed by atoms with van der Waals surface area (Å²) in [6.07, 6.45) is 2.40. The molecule has 0 saturated carbocycles. The number of esters is 1. The van der Waals surface area contributed by atoms with Crippen molar-refractivity contribution in [2.24, 2.45) is 7.05 Å². The largest absolute Gasteiger partial charge is 0.461 e. The third-order valence-corrected chi connectivity index (χ3v) is 7.09. The summed E-state index contributed by atoms with van der Waals surface area (Å²) < 4.78 is 34.1. The fourth-order valence-corrected chi connectivity index (χ4v) is 5.41. The molecule has 1 aromatic heterocycles. The van der Waals surface area contributed by atoms with Gasteiger partial charge in [0.1, 0.15) is 16.6 Å². The second-order valence-corrected chi connectivity index (χ2v) is 9.36. The number of anilines is 1. The van der Waals surface area contributed by atoms with Crippen molar-refractivity contribution in [3.8, 4) is 0 Å². The number of rotatable bonds is 6. The Morgan fingerprint density at radius 1 is 1.23 bits per heavy atom. The zero-order valence-corrected chi connectivity index (χ0v) is 18.5. The normalized spacial score (nSPS) is 17.1. The van der Waals surface area contributed by atoms with Crippen molar-refractivity contribution >= 4 is 27.6 Å². The number of carbonyl (C=O) groups excluding carboxylic acids is 2. The molecular formula is C21H27N3O5S. The molecule has 0 aliphatic carbocycles. The van der Waals surface area contributed by atoms with Crippen LogP contribution in [-0.2, 0) is 26.6 Å². The van der Waals surface area contributed by atoms with Gasteiger partial charge in [-0.3, -0.25) is 4.79 Å². The summed E-state index contributed by atoms with van der Waals surface area (Å²) in [6.45, 7) is 5.98. The zero-order chi connectivity index (χ0) is 22.1. The summed E-state index contributed by atoms with van der Waals surface area (Å²) >= 11 is 0. The van der Waals surface area contributed by atoms with Gasteiger partial charge in [-0.1, -0.05) is 17.7 Å². The predicted molar refractivity (Wildman–Crippen MR) is 113 cm³/mol. The van der Waals surface area contributed by atoms with Gasteiger partial charge in [0.15, 0.2) is 0 Å². The third kappa shape index (κ3) is 4.27. The quantitative estimate of drug-likeness (QED) is 0.706. The molecule has 9 heteroatoms. The lowest BCUT2D eigenvalue weighted by Gasteiger charge is -2.23. The average molecular weight is 434 g/mol. The fourth-order valence-electron chi connectivity index (χ4n) is 3.68. The number of hydrogen-bond acceptors (Lipinski definition) is 5. The van der Waals surface area contributed by atoms with Crippen LogP contribution in [0.1, 0.15) is 41.4 Å². The van der Waals surface area contributed by atoms with Crippen molar-refractivity contribution in [3.63, 3.8) is 0 Å². The highest BCUT2D eigenvalue weighted by atomic mass is 32.2. The van der Waals surface area contributed by atoms with Crippen LogP contribution in [0, 0.1) is 13.8 Å². The van der Waals surface area contributed by atoms with Gasteiger partial charge in [0, 0.05) is 25.5 Å². The lowest BCUT2D eigenvalue weighted by molar-refractivity contribution is -0.119. The molecule has 1 saturated heterocycles. The van der Waals surface area contributed by atoms with E-state index < -0.39 is 22.0 Å². The minimum atomic E-state index is -3.95. The van der Waals surface area contributed by atoms with Gasteiger partial charge in [0.2, 0.25) is 15.9 Å². The molecule has 1 amide bonds. The molecule has 1 fully saturated rings. The second kappa shape index (κ2) is 8.61. The van der Waals surface area contributed by atoms with Crippen LogP contribution in [0.5, 0.6) is 0 Å². The Morgan fingerprint density at radius 2 is 1.97 bits per heavy atom. The summed E-state index contributed by atoms with van der Waals surface area (Å²) in [5, 5.41) is 2.86. The Morgan fingerprint density at radius 3 is 2.63 bits per heavy atom. The van der Waals surface area contributed by atoms with Gasteiger partial charge in [-0.05, 0) is 51.3 Å². The number of hydrogen-bond donors (Lipinski definition) is 1. The SMILES string of the molecule is CCOC(=O)c1cc(S(=O)(=O)N2CCC[C@@H]2C(=O)Nc2ccc(C)cc2C)cn1C. The van der Waals surface area contributed by atoms with E-state index in [-0.39, 0.29) is 29.6 Å². The Hall–Kier alpha value is -2.65. The van der Waals surface area contributed by atoms with Gasteiger partial charge in [0.05, 0.1) is 6.61 Å². The van der Waals surface area contributed by atoms with Crippen molar-refractivity contribution in [1.29, 1.82) is 0 Å². The van der Waals surface area contributed by atoms with Crippen molar-refractivity contribution < 1.29 is 22.7 Å². The van der Waals surface area contributed by atoms with Crippen LogP contribution in [-0.4, -0.2) is 48.4 Å². The smallest absolute Gasteiger partial charge is 0.354 e. The Kier molecular flexibility index (Phi) is 6.33. The molecule has 1 aromatic carbocycles. The topological polar surface area (TPSA) is 97.7 Å². The van der Waals surface area contributed by atoms with Gasteiger partial charge < -0.3 is 14.6 Å². The molecule has 2 heterocycles. The number of amides is 1. The van der Waals surface area contributed by atoms with Crippen LogP contribution in [0.4, 0.5) is 5.69 Å². The summed E-state index contributed by atoms with van der Waals surface area (Å²) in [6, 6.07) is 6.16. The number of nitrogens with zero attached hydrogens (tertiary/aromatic N) is 2. The lowest BCUT2D eigenvalue weighted by atomic mass is 10.1. The second-order valence-electron chi connectivity index (χ2n) is 7.47. The monoisotopic (exact) mass is 433 g/mol. The molecule has 0 spiro atoms. The van der Waals surface area contributed by atoms with Gasteiger partial charge in [-0.2, -0.15) is 4.31 Å². The highest BCUT2D eigenvalue weighted by Gasteiger charge is 2.40. The summed E-state index contributed by atoms with van der Waals surface area (Å²) in [5.41, 5.74) is 2.81. The van der Waals surface area contributed by atoms with Crippen molar-refractivity contribution in [3.05, 3.63) is 47.3 Å². The van der Waals surface area contributed by atoms with Crippen LogP contribution in [0.25, 0.3) is 0 Å². The molecule has 2 aromatic rings. The third-order valence-electron chi connectivity index (χ3n) is 5.22. The van der Waals surface area contributed by atoms with E-state index in [1.807, 2.05) is 32.0 Å². The Bertz CT molecular complexity index is 1070. The van der Waals surface area contributed by atoms with E-state index in [0.29, 0.717) is 18.5 Å². The Labute approximate surface area is 176 Å². The molecule has 0 unspecified atom stereocenters. The molecule has 1 aliphatic rings. The summed E-state index contributed by atoms with van der Waals surface area (Å²) in [4.78, 5) is 24.9. The van der Waals surface area contributed by atoms with Gasteiger partial charge in [-0.15, -0.1) is 0 Å². The molecular weight excluding hydrogens is 406 g/mol. The highest BCUT2D eigenvalue weighted by Crippen LogP contribution is 2.28. The maximum absolute atomic E-state index is 13.2. The molecule has 3 rings (SSSR count). The standard InChI is InChI=1S/C21H27N3O5S/c1-5-29-21(26)19-12-16(13-23(19)4)30(27,28)24-10-6-7-18(24)20(25)22-17-9-8-14(2)11-15(17)3/h8-9,11-13,18H,5-7,10H2,1-4H3,(H,22,25)/t18-/m1/s1.